The van der Waals surface area contributed by atoms with E-state index in [1.165, 1.54) is 28.4 Å². The zero-order valence-corrected chi connectivity index (χ0v) is 12.9. The number of nitrogens with zero attached hydrogens (tertiary/aromatic N) is 1. The molecule has 0 radical (unpaired) electrons. The predicted octanol–water partition coefficient (Wildman–Crippen LogP) is 2.85. The summed E-state index contributed by atoms with van der Waals surface area (Å²) < 4.78 is 1.28. The average molecular weight is 357 g/mol. The highest BCUT2D eigenvalue weighted by Gasteiger charge is 2.45. The second-order valence-corrected chi connectivity index (χ2v) is 6.95. The molecule has 3 heteroatoms. The van der Waals surface area contributed by atoms with E-state index in [9.17, 15) is 5.11 Å². The average Bonchev–Trinajstić information content (AvgIpc) is 2.63. The molecule has 2 heterocycles. The molecule has 0 spiro atoms. The lowest BCUT2D eigenvalue weighted by molar-refractivity contribution is 0.0592. The van der Waals surface area contributed by atoms with Crippen molar-refractivity contribution in [1.29, 1.82) is 0 Å². The maximum atomic E-state index is 9.79. The van der Waals surface area contributed by atoms with Gasteiger partial charge in [0.05, 0.1) is 0 Å². The van der Waals surface area contributed by atoms with E-state index in [2.05, 4.69) is 58.8 Å². The Kier molecular flexibility index (Phi) is 3.65. The van der Waals surface area contributed by atoms with Crippen LogP contribution in [0, 0.1) is 9.49 Å². The van der Waals surface area contributed by atoms with Gasteiger partial charge in [0.1, 0.15) is 0 Å². The third-order valence-corrected chi connectivity index (χ3v) is 5.66. The minimum absolute atomic E-state index is 0.318. The Morgan fingerprint density at radius 1 is 1.28 bits per heavy atom. The molecule has 0 amide bonds. The first-order chi connectivity index (χ1) is 8.70. The van der Waals surface area contributed by atoms with Gasteiger partial charge in [0.15, 0.2) is 0 Å². The highest BCUT2D eigenvalue weighted by Crippen LogP contribution is 2.45. The predicted molar refractivity (Wildman–Crippen MR) is 81.7 cm³/mol. The summed E-state index contributed by atoms with van der Waals surface area (Å²) in [6.07, 6.45) is 3.77. The van der Waals surface area contributed by atoms with Gasteiger partial charge in [0, 0.05) is 28.2 Å². The molecule has 0 aromatic heterocycles. The molecule has 98 valence electrons. The Morgan fingerprint density at radius 2 is 2.00 bits per heavy atom. The molecular weight excluding hydrogens is 337 g/mol. The first-order valence-electron chi connectivity index (χ1n) is 6.79. The summed E-state index contributed by atoms with van der Waals surface area (Å²) in [5.74, 6) is 0.953. The molecule has 2 aliphatic rings. The highest BCUT2D eigenvalue weighted by atomic mass is 127. The van der Waals surface area contributed by atoms with Crippen molar-refractivity contribution in [2.75, 3.05) is 13.7 Å². The van der Waals surface area contributed by atoms with Crippen LogP contribution in [0.15, 0.2) is 24.3 Å². The van der Waals surface area contributed by atoms with Gasteiger partial charge in [-0.3, -0.25) is 0 Å². The quantitative estimate of drug-likeness (QED) is 0.823. The maximum Gasteiger partial charge on any atom is 0.0480 e. The number of halogens is 1. The molecule has 2 aliphatic heterocycles. The van der Waals surface area contributed by atoms with Crippen molar-refractivity contribution in [3.8, 4) is 0 Å². The lowest BCUT2D eigenvalue weighted by Crippen LogP contribution is -2.47. The van der Waals surface area contributed by atoms with E-state index in [1.54, 1.807) is 0 Å². The third kappa shape index (κ3) is 2.10. The van der Waals surface area contributed by atoms with Gasteiger partial charge in [-0.2, -0.15) is 0 Å². The minimum Gasteiger partial charge on any atom is -0.396 e. The second kappa shape index (κ2) is 5.10. The molecule has 2 bridgehead atoms. The molecule has 2 nitrogen and oxygen atoms in total. The molecule has 1 N–H and O–H groups in total. The molecule has 2 saturated heterocycles. The molecular formula is C15H20INO. The normalized spacial score (nSPS) is 35.9. The number of rotatable bonds is 2. The molecule has 4 atom stereocenters. The van der Waals surface area contributed by atoms with Crippen molar-refractivity contribution < 1.29 is 5.11 Å². The fraction of sp³-hybridized carbons (Fsp3) is 0.600. The molecule has 1 aromatic carbocycles. The number of benzene rings is 1. The summed E-state index contributed by atoms with van der Waals surface area (Å²) in [5, 5.41) is 9.79. The number of aliphatic hydroxyl groups is 1. The summed E-state index contributed by atoms with van der Waals surface area (Å²) in [7, 11) is 2.23. The zero-order chi connectivity index (χ0) is 12.7. The van der Waals surface area contributed by atoms with Gasteiger partial charge in [-0.25, -0.2) is 0 Å². The van der Waals surface area contributed by atoms with Crippen molar-refractivity contribution in [3.63, 3.8) is 0 Å². The number of hydrogen-bond acceptors (Lipinski definition) is 2. The van der Waals surface area contributed by atoms with Crippen molar-refractivity contribution in [2.45, 2.75) is 37.3 Å². The Balaban J connectivity index is 1.89. The van der Waals surface area contributed by atoms with E-state index in [-0.39, 0.29) is 0 Å². The Labute approximate surface area is 123 Å². The van der Waals surface area contributed by atoms with Crippen molar-refractivity contribution in [1.82, 2.24) is 4.90 Å². The van der Waals surface area contributed by atoms with Crippen LogP contribution in [-0.2, 0) is 0 Å². The van der Waals surface area contributed by atoms with Crippen molar-refractivity contribution >= 4 is 22.6 Å². The Morgan fingerprint density at radius 3 is 2.67 bits per heavy atom. The van der Waals surface area contributed by atoms with Crippen LogP contribution in [0.3, 0.4) is 0 Å². The van der Waals surface area contributed by atoms with Gasteiger partial charge >= 0.3 is 0 Å². The van der Waals surface area contributed by atoms with Gasteiger partial charge in [-0.05, 0) is 72.5 Å². The highest BCUT2D eigenvalue weighted by molar-refractivity contribution is 14.1. The van der Waals surface area contributed by atoms with Crippen LogP contribution >= 0.6 is 22.6 Å². The van der Waals surface area contributed by atoms with Gasteiger partial charge in [0.2, 0.25) is 0 Å². The van der Waals surface area contributed by atoms with Gasteiger partial charge in [-0.15, -0.1) is 0 Å². The van der Waals surface area contributed by atoms with Crippen LogP contribution in [0.2, 0.25) is 0 Å². The summed E-state index contributed by atoms with van der Waals surface area (Å²) in [6, 6.07) is 10.2. The summed E-state index contributed by atoms with van der Waals surface area (Å²) in [6.45, 7) is 0.318. The van der Waals surface area contributed by atoms with Crippen LogP contribution in [0.1, 0.15) is 30.7 Å². The van der Waals surface area contributed by atoms with E-state index >= 15 is 0 Å². The molecule has 3 rings (SSSR count). The number of aliphatic hydroxyl groups excluding tert-OH is 1. The largest absolute Gasteiger partial charge is 0.396 e. The molecule has 1 aromatic rings. The third-order valence-electron chi connectivity index (χ3n) is 4.94. The van der Waals surface area contributed by atoms with Crippen LogP contribution in [0.4, 0.5) is 0 Å². The molecule has 2 fully saturated rings. The fourth-order valence-electron chi connectivity index (χ4n) is 3.92. The van der Waals surface area contributed by atoms with Gasteiger partial charge in [-0.1, -0.05) is 12.1 Å². The first-order valence-corrected chi connectivity index (χ1v) is 7.87. The van der Waals surface area contributed by atoms with Crippen LogP contribution in [0.5, 0.6) is 0 Å². The van der Waals surface area contributed by atoms with E-state index in [0.717, 1.165) is 6.04 Å². The Hall–Kier alpha value is -0.130. The maximum absolute atomic E-state index is 9.79. The summed E-state index contributed by atoms with van der Waals surface area (Å²) in [4.78, 5) is 2.50. The fourth-order valence-corrected chi connectivity index (χ4v) is 4.28. The molecule has 3 unspecified atom stereocenters. The van der Waals surface area contributed by atoms with Crippen molar-refractivity contribution in [2.24, 2.45) is 5.92 Å². The monoisotopic (exact) mass is 357 g/mol. The van der Waals surface area contributed by atoms with Crippen LogP contribution in [-0.4, -0.2) is 35.7 Å². The summed E-state index contributed by atoms with van der Waals surface area (Å²) >= 11 is 2.35. The number of hydrogen-bond donors (Lipinski definition) is 1. The van der Waals surface area contributed by atoms with E-state index in [0.29, 0.717) is 24.5 Å². The van der Waals surface area contributed by atoms with E-state index < -0.39 is 0 Å². The Bertz CT molecular complexity index is 419. The zero-order valence-electron chi connectivity index (χ0n) is 10.7. The van der Waals surface area contributed by atoms with Crippen molar-refractivity contribution in [3.05, 3.63) is 33.4 Å². The number of fused-ring (bicyclic) bond motifs is 2. The molecule has 0 saturated carbocycles. The number of piperidine rings is 1. The van der Waals surface area contributed by atoms with Crippen LogP contribution in [0.25, 0.3) is 0 Å². The topological polar surface area (TPSA) is 23.5 Å². The first kappa shape index (κ1) is 12.9. The molecule has 18 heavy (non-hydrogen) atoms. The van der Waals surface area contributed by atoms with Gasteiger partial charge in [0.25, 0.3) is 0 Å². The minimum atomic E-state index is 0.318. The smallest absolute Gasteiger partial charge is 0.0480 e. The van der Waals surface area contributed by atoms with Gasteiger partial charge < -0.3 is 10.0 Å². The second-order valence-electron chi connectivity index (χ2n) is 5.70. The lowest BCUT2D eigenvalue weighted by Gasteiger charge is -2.42. The summed E-state index contributed by atoms with van der Waals surface area (Å²) in [5.41, 5.74) is 1.42. The van der Waals surface area contributed by atoms with E-state index in [4.69, 9.17) is 0 Å². The lowest BCUT2D eigenvalue weighted by atomic mass is 9.76. The van der Waals surface area contributed by atoms with E-state index in [1.807, 2.05) is 0 Å². The van der Waals surface area contributed by atoms with Crippen LogP contribution < -0.4 is 0 Å². The SMILES string of the molecule is CN1C2CCC1[C@@H](CO)C(c1ccc(I)cc1)C2. The standard InChI is InChI=1S/C15H20INO/c1-17-12-6-7-15(17)14(9-18)13(8-12)10-2-4-11(16)5-3-10/h2-5,12-15,18H,6-9H2,1H3/t12?,13?,14-,15?/m0/s1. The molecule has 0 aliphatic carbocycles.